The van der Waals surface area contributed by atoms with Gasteiger partial charge in [-0.3, -0.25) is 4.98 Å². The number of aromatic nitrogens is 2. The van der Waals surface area contributed by atoms with Crippen LogP contribution in [0.2, 0.25) is 0 Å². The van der Waals surface area contributed by atoms with E-state index in [4.69, 9.17) is 17.0 Å². The second kappa shape index (κ2) is 8.96. The predicted molar refractivity (Wildman–Crippen MR) is 134 cm³/mol. The van der Waals surface area contributed by atoms with E-state index in [-0.39, 0.29) is 18.2 Å². The minimum Gasteiger partial charge on any atom is -0.376 e. The number of thiocarbonyl (C=S) groups is 1. The van der Waals surface area contributed by atoms with Crippen molar-refractivity contribution in [2.75, 3.05) is 13.2 Å². The summed E-state index contributed by atoms with van der Waals surface area (Å²) in [5.41, 5.74) is 5.85. The molecular formula is C25H27BrN4OS. The summed E-state index contributed by atoms with van der Waals surface area (Å²) in [5.74, 6) is 0. The molecule has 2 fully saturated rings. The van der Waals surface area contributed by atoms with Crippen LogP contribution in [0, 0.1) is 13.8 Å². The highest BCUT2D eigenvalue weighted by Crippen LogP contribution is 2.42. The fourth-order valence-corrected chi connectivity index (χ4v) is 5.60. The SMILES string of the molecule is Cc1cc([C@@H]2[C@H](c3ccccn3)NC(=S)N2C[C@H]2CCCO2)c(C)n1-c1ccc(Br)cc1. The number of benzene rings is 1. The normalized spacial score (nSPS) is 23.0. The smallest absolute Gasteiger partial charge is 0.170 e. The molecule has 0 radical (unpaired) electrons. The van der Waals surface area contributed by atoms with Gasteiger partial charge in [0, 0.05) is 40.9 Å². The Morgan fingerprint density at radius 2 is 2.00 bits per heavy atom. The first kappa shape index (κ1) is 21.6. The number of hydrogen-bond donors (Lipinski definition) is 1. The van der Waals surface area contributed by atoms with Gasteiger partial charge in [0.2, 0.25) is 0 Å². The van der Waals surface area contributed by atoms with Gasteiger partial charge < -0.3 is 19.5 Å². The fraction of sp³-hybridized carbons (Fsp3) is 0.360. The number of rotatable bonds is 5. The summed E-state index contributed by atoms with van der Waals surface area (Å²) in [7, 11) is 0. The van der Waals surface area contributed by atoms with Gasteiger partial charge in [0.25, 0.3) is 0 Å². The molecule has 166 valence electrons. The Balaban J connectivity index is 1.58. The van der Waals surface area contributed by atoms with Crippen molar-refractivity contribution in [2.24, 2.45) is 0 Å². The summed E-state index contributed by atoms with van der Waals surface area (Å²) in [5, 5.41) is 4.34. The van der Waals surface area contributed by atoms with E-state index in [1.807, 2.05) is 18.3 Å². The van der Waals surface area contributed by atoms with Crippen LogP contribution in [0.25, 0.3) is 5.69 Å². The minimum atomic E-state index is -0.0102. The van der Waals surface area contributed by atoms with Crippen molar-refractivity contribution in [3.63, 3.8) is 0 Å². The van der Waals surface area contributed by atoms with Crippen LogP contribution in [0.3, 0.4) is 0 Å². The Labute approximate surface area is 202 Å². The molecule has 5 rings (SSSR count). The van der Waals surface area contributed by atoms with Crippen molar-refractivity contribution in [2.45, 2.75) is 44.9 Å². The third kappa shape index (κ3) is 3.98. The molecule has 1 aromatic carbocycles. The van der Waals surface area contributed by atoms with Gasteiger partial charge in [-0.2, -0.15) is 0 Å². The van der Waals surface area contributed by atoms with E-state index in [0.717, 1.165) is 47.0 Å². The number of hydrogen-bond acceptors (Lipinski definition) is 3. The molecule has 1 N–H and O–H groups in total. The van der Waals surface area contributed by atoms with Gasteiger partial charge in [-0.1, -0.05) is 22.0 Å². The van der Waals surface area contributed by atoms with Gasteiger partial charge >= 0.3 is 0 Å². The van der Waals surface area contributed by atoms with Crippen molar-refractivity contribution in [3.8, 4) is 5.69 Å². The van der Waals surface area contributed by atoms with Gasteiger partial charge in [-0.15, -0.1) is 0 Å². The lowest BCUT2D eigenvalue weighted by atomic mass is 9.96. The van der Waals surface area contributed by atoms with Crippen LogP contribution in [0.5, 0.6) is 0 Å². The Kier molecular flexibility index (Phi) is 6.05. The molecule has 3 atom stereocenters. The standard InChI is InChI=1S/C25H27BrN4OS/c1-16-14-21(17(2)30(16)19-10-8-18(26)9-11-19)24-23(22-7-3-4-12-27-22)28-25(32)29(24)15-20-6-5-13-31-20/h3-4,7-12,14,20,23-24H,5-6,13,15H2,1-2H3,(H,28,32)/t20-,23+,24-/m1/s1. The first-order valence-electron chi connectivity index (χ1n) is 11.1. The van der Waals surface area contributed by atoms with Crippen LogP contribution in [0.4, 0.5) is 0 Å². The highest BCUT2D eigenvalue weighted by molar-refractivity contribution is 9.10. The summed E-state index contributed by atoms with van der Waals surface area (Å²) >= 11 is 9.39. The second-order valence-corrected chi connectivity index (χ2v) is 9.85. The molecule has 0 saturated carbocycles. The first-order chi connectivity index (χ1) is 15.5. The van der Waals surface area contributed by atoms with Gasteiger partial charge in [0.05, 0.1) is 23.9 Å². The molecule has 0 aliphatic carbocycles. The van der Waals surface area contributed by atoms with E-state index in [0.29, 0.717) is 0 Å². The van der Waals surface area contributed by atoms with Gasteiger partial charge in [-0.05, 0) is 86.9 Å². The Morgan fingerprint density at radius 1 is 1.19 bits per heavy atom. The van der Waals surface area contributed by atoms with E-state index in [1.165, 1.54) is 17.0 Å². The number of ether oxygens (including phenoxy) is 1. The molecule has 2 aliphatic heterocycles. The monoisotopic (exact) mass is 510 g/mol. The number of halogens is 1. The van der Waals surface area contributed by atoms with Crippen LogP contribution in [-0.2, 0) is 4.74 Å². The zero-order valence-corrected chi connectivity index (χ0v) is 20.7. The van der Waals surface area contributed by atoms with Crippen LogP contribution < -0.4 is 5.32 Å². The maximum Gasteiger partial charge on any atom is 0.170 e. The molecule has 0 amide bonds. The molecule has 4 heterocycles. The number of aryl methyl sites for hydroxylation is 1. The summed E-state index contributed by atoms with van der Waals surface area (Å²) in [6.45, 7) is 6.00. The lowest BCUT2D eigenvalue weighted by molar-refractivity contribution is 0.0842. The average Bonchev–Trinajstić information content (AvgIpc) is 3.49. The zero-order chi connectivity index (χ0) is 22.2. The Bertz CT molecular complexity index is 1110. The highest BCUT2D eigenvalue weighted by atomic mass is 79.9. The van der Waals surface area contributed by atoms with Crippen molar-refractivity contribution < 1.29 is 4.74 Å². The van der Waals surface area contributed by atoms with Crippen molar-refractivity contribution in [1.82, 2.24) is 19.8 Å². The molecule has 5 nitrogen and oxygen atoms in total. The second-order valence-electron chi connectivity index (χ2n) is 8.55. The van der Waals surface area contributed by atoms with Crippen molar-refractivity contribution in [3.05, 3.63) is 81.8 Å². The van der Waals surface area contributed by atoms with E-state index >= 15 is 0 Å². The molecule has 32 heavy (non-hydrogen) atoms. The molecule has 7 heteroatoms. The highest BCUT2D eigenvalue weighted by Gasteiger charge is 2.42. The Morgan fingerprint density at radius 3 is 2.69 bits per heavy atom. The van der Waals surface area contributed by atoms with Crippen LogP contribution >= 0.6 is 28.1 Å². The van der Waals surface area contributed by atoms with Crippen molar-refractivity contribution >= 4 is 33.3 Å². The van der Waals surface area contributed by atoms with E-state index in [1.54, 1.807) is 0 Å². The number of nitrogens with one attached hydrogen (secondary N) is 1. The summed E-state index contributed by atoms with van der Waals surface area (Å²) in [6, 6.07) is 16.9. The van der Waals surface area contributed by atoms with Crippen molar-refractivity contribution in [1.29, 1.82) is 0 Å². The maximum absolute atomic E-state index is 5.97. The van der Waals surface area contributed by atoms with Crippen LogP contribution in [0.1, 0.15) is 47.6 Å². The Hall–Kier alpha value is -2.22. The van der Waals surface area contributed by atoms with Crippen LogP contribution in [0.15, 0.2) is 59.2 Å². The molecular weight excluding hydrogens is 484 g/mol. The summed E-state index contributed by atoms with van der Waals surface area (Å²) < 4.78 is 9.37. The van der Waals surface area contributed by atoms with E-state index in [2.05, 4.69) is 85.9 Å². The topological polar surface area (TPSA) is 42.3 Å². The van der Waals surface area contributed by atoms with Gasteiger partial charge in [0.1, 0.15) is 0 Å². The number of pyridine rings is 1. The molecule has 0 unspecified atom stereocenters. The third-order valence-corrected chi connectivity index (χ3v) is 7.38. The lowest BCUT2D eigenvalue weighted by Crippen LogP contribution is -2.36. The quantitative estimate of drug-likeness (QED) is 0.465. The van der Waals surface area contributed by atoms with Gasteiger partial charge in [-0.25, -0.2) is 0 Å². The molecule has 2 aliphatic rings. The summed E-state index contributed by atoms with van der Waals surface area (Å²) in [4.78, 5) is 6.99. The number of nitrogens with zero attached hydrogens (tertiary/aromatic N) is 3. The minimum absolute atomic E-state index is 0.0102. The predicted octanol–water partition coefficient (Wildman–Crippen LogP) is 5.40. The van der Waals surface area contributed by atoms with Gasteiger partial charge in [0.15, 0.2) is 5.11 Å². The zero-order valence-electron chi connectivity index (χ0n) is 18.3. The molecule has 0 bridgehead atoms. The lowest BCUT2D eigenvalue weighted by Gasteiger charge is -2.30. The first-order valence-corrected chi connectivity index (χ1v) is 12.3. The maximum atomic E-state index is 5.97. The van der Waals surface area contributed by atoms with E-state index in [9.17, 15) is 0 Å². The molecule has 0 spiro atoms. The molecule has 2 saturated heterocycles. The largest absolute Gasteiger partial charge is 0.376 e. The third-order valence-electron chi connectivity index (χ3n) is 6.50. The molecule has 2 aromatic heterocycles. The van der Waals surface area contributed by atoms with E-state index < -0.39 is 0 Å². The summed E-state index contributed by atoms with van der Waals surface area (Å²) in [6.07, 6.45) is 4.27. The van der Waals surface area contributed by atoms with Crippen LogP contribution in [-0.4, -0.2) is 38.8 Å². The average molecular weight is 511 g/mol. The molecule has 3 aromatic rings. The fourth-order valence-electron chi connectivity index (χ4n) is 5.02.